The maximum Gasteiger partial charge on any atom is 0.231 e. The van der Waals surface area contributed by atoms with Gasteiger partial charge in [0.1, 0.15) is 11.6 Å². The number of hydrogen-bond donors (Lipinski definition) is 4. The SMILES string of the molecule is CS(=O)(=O)Nc1ccc(N2CCCC3(CCN(C45CC6CC(C4)C(O)C(C6)C5)C3=O)C2)c(F)c1.CS(=O)(=O)Nc1ccc(N2CCCC3(CCN(C45CC6CC(C4)C(O)C(C6)C5)C3=O)C2)c(F)c1. The summed E-state index contributed by atoms with van der Waals surface area (Å²) in [5.41, 5.74) is 0.0629. The van der Waals surface area contributed by atoms with Crippen molar-refractivity contribution in [1.29, 1.82) is 0 Å². The van der Waals surface area contributed by atoms with Gasteiger partial charge in [0.15, 0.2) is 0 Å². The molecule has 68 heavy (non-hydrogen) atoms. The summed E-state index contributed by atoms with van der Waals surface area (Å²) in [4.78, 5) is 36.3. The predicted octanol–water partition coefficient (Wildman–Crippen LogP) is 5.91. The molecule has 2 aromatic carbocycles. The van der Waals surface area contributed by atoms with Crippen LogP contribution in [0.25, 0.3) is 0 Å². The van der Waals surface area contributed by atoms with Gasteiger partial charge in [0.25, 0.3) is 0 Å². The van der Waals surface area contributed by atoms with Crippen LogP contribution in [-0.4, -0.2) is 124 Å². The zero-order valence-corrected chi connectivity index (χ0v) is 41.0. The van der Waals surface area contributed by atoms with Crippen molar-refractivity contribution < 1.29 is 45.4 Å². The average Bonchev–Trinajstić information content (AvgIpc) is 3.74. The predicted molar refractivity (Wildman–Crippen MR) is 255 cm³/mol. The fourth-order valence-electron chi connectivity index (χ4n) is 16.6. The number of piperidine rings is 2. The summed E-state index contributed by atoms with van der Waals surface area (Å²) in [6, 6.07) is 8.79. The molecule has 6 atom stereocenters. The third-order valence-electron chi connectivity index (χ3n) is 18.9. The highest BCUT2D eigenvalue weighted by atomic mass is 32.2. The highest BCUT2D eigenvalue weighted by Gasteiger charge is 2.64. The lowest BCUT2D eigenvalue weighted by atomic mass is 9.51. The summed E-state index contributed by atoms with van der Waals surface area (Å²) in [6.07, 6.45) is 16.8. The van der Waals surface area contributed by atoms with Crippen LogP contribution in [0, 0.1) is 58.0 Å². The molecule has 8 bridgehead atoms. The molecule has 2 aromatic rings. The molecule has 14 nitrogen and oxygen atoms in total. The zero-order valence-electron chi connectivity index (χ0n) is 39.3. The second-order valence-electron chi connectivity index (χ2n) is 23.5. The van der Waals surface area contributed by atoms with Crippen LogP contribution in [-0.2, 0) is 29.6 Å². The minimum Gasteiger partial charge on any atom is -0.393 e. The number of rotatable bonds is 8. The third-order valence-corrected chi connectivity index (χ3v) is 20.1. The van der Waals surface area contributed by atoms with Crippen LogP contribution in [0.3, 0.4) is 0 Å². The molecule has 372 valence electrons. The molecule has 4 heterocycles. The lowest BCUT2D eigenvalue weighted by Crippen LogP contribution is -2.65. The molecule has 14 rings (SSSR count). The Morgan fingerprint density at radius 3 is 1.26 bits per heavy atom. The molecule has 0 radical (unpaired) electrons. The fourth-order valence-corrected chi connectivity index (χ4v) is 17.7. The van der Waals surface area contributed by atoms with E-state index in [4.69, 9.17) is 0 Å². The van der Waals surface area contributed by atoms with Gasteiger partial charge in [0.05, 0.1) is 58.3 Å². The number of benzene rings is 2. The van der Waals surface area contributed by atoms with Gasteiger partial charge in [0.2, 0.25) is 31.9 Å². The number of carbonyl (C=O) groups excluding carboxylic acids is 2. The van der Waals surface area contributed by atoms with Crippen molar-refractivity contribution in [2.24, 2.45) is 46.3 Å². The Bertz CT molecular complexity index is 2400. The summed E-state index contributed by atoms with van der Waals surface area (Å²) in [7, 11) is -6.96. The molecule has 2 spiro atoms. The minimum absolute atomic E-state index is 0.0944. The number of sulfonamides is 2. The van der Waals surface area contributed by atoms with Gasteiger partial charge < -0.3 is 29.8 Å². The van der Waals surface area contributed by atoms with Gasteiger partial charge in [0, 0.05) is 62.5 Å². The Hall–Kier alpha value is -3.74. The van der Waals surface area contributed by atoms with Crippen molar-refractivity contribution in [1.82, 2.24) is 9.80 Å². The van der Waals surface area contributed by atoms with Crippen molar-refractivity contribution in [2.45, 2.75) is 126 Å². The maximum absolute atomic E-state index is 15.0. The molecule has 8 aliphatic carbocycles. The zero-order chi connectivity index (χ0) is 47.8. The van der Waals surface area contributed by atoms with Gasteiger partial charge in [-0.1, -0.05) is 0 Å². The Morgan fingerprint density at radius 2 is 0.926 bits per heavy atom. The van der Waals surface area contributed by atoms with Crippen LogP contribution in [0.2, 0.25) is 0 Å². The Balaban J connectivity index is 0.000000149. The van der Waals surface area contributed by atoms with Crippen LogP contribution in [0.15, 0.2) is 36.4 Å². The lowest BCUT2D eigenvalue weighted by Gasteiger charge is -2.61. The Labute approximate surface area is 399 Å². The first-order chi connectivity index (χ1) is 32.1. The summed E-state index contributed by atoms with van der Waals surface area (Å²) in [5.74, 6) is 2.04. The summed E-state index contributed by atoms with van der Waals surface area (Å²) in [5, 5.41) is 21.4. The van der Waals surface area contributed by atoms with Crippen LogP contribution < -0.4 is 19.2 Å². The number of carbonyl (C=O) groups is 2. The van der Waals surface area contributed by atoms with Crippen molar-refractivity contribution in [2.75, 3.05) is 71.0 Å². The maximum atomic E-state index is 15.0. The Kier molecular flexibility index (Phi) is 11.3. The molecular weight excluding hydrogens is 915 g/mol. The number of amides is 2. The number of likely N-dealkylation sites (tertiary alicyclic amines) is 2. The summed E-state index contributed by atoms with van der Waals surface area (Å²) >= 11 is 0. The van der Waals surface area contributed by atoms with Gasteiger partial charge in [-0.3, -0.25) is 19.0 Å². The second-order valence-corrected chi connectivity index (χ2v) is 27.0. The molecule has 0 aromatic heterocycles. The number of aliphatic hydroxyl groups is 2. The first kappa shape index (κ1) is 46.6. The topological polar surface area (TPSA) is 180 Å². The van der Waals surface area contributed by atoms with Crippen LogP contribution in [0.5, 0.6) is 0 Å². The monoisotopic (exact) mass is 982 g/mol. The van der Waals surface area contributed by atoms with Gasteiger partial charge in [-0.2, -0.15) is 0 Å². The van der Waals surface area contributed by atoms with Gasteiger partial charge in [-0.25, -0.2) is 25.6 Å². The molecule has 2 amide bonds. The minimum atomic E-state index is -3.48. The quantitative estimate of drug-likeness (QED) is 0.249. The van der Waals surface area contributed by atoms with Crippen LogP contribution >= 0.6 is 0 Å². The van der Waals surface area contributed by atoms with Gasteiger partial charge >= 0.3 is 0 Å². The fraction of sp³-hybridized carbons (Fsp3) is 0.720. The molecular formula is C50H68F2N6O8S2. The van der Waals surface area contributed by atoms with Crippen LogP contribution in [0.1, 0.15) is 103 Å². The van der Waals surface area contributed by atoms with E-state index < -0.39 is 42.5 Å². The highest BCUT2D eigenvalue weighted by molar-refractivity contribution is 7.92. The van der Waals surface area contributed by atoms with E-state index >= 15 is 8.78 Å². The van der Waals surface area contributed by atoms with E-state index in [1.807, 2.05) is 9.80 Å². The van der Waals surface area contributed by atoms with E-state index in [9.17, 15) is 36.6 Å². The largest absolute Gasteiger partial charge is 0.393 e. The van der Waals surface area contributed by atoms with Crippen molar-refractivity contribution in [3.8, 4) is 0 Å². The molecule has 12 aliphatic rings. The molecule has 8 saturated carbocycles. The van der Waals surface area contributed by atoms with E-state index in [1.54, 1.807) is 24.3 Å². The molecule has 12 fully saturated rings. The lowest BCUT2D eigenvalue weighted by molar-refractivity contribution is -0.168. The number of halogens is 2. The Morgan fingerprint density at radius 1 is 0.559 bits per heavy atom. The first-order valence-electron chi connectivity index (χ1n) is 25.2. The van der Waals surface area contributed by atoms with Crippen molar-refractivity contribution >= 4 is 54.6 Å². The standard InChI is InChI=1S/2C25H34FN3O4S/c2*1-34(32,33)27-19-3-4-21(20(26)11-19)28-7-2-5-24(15-28)6-8-29(23(24)31)25-12-16-9-17(13-25)22(30)18(10-16)14-25/h2*3-4,11,16-18,22,27,30H,2,5-10,12-15H2,1H3. The number of nitrogens with zero attached hydrogens (tertiary/aromatic N) is 4. The normalized spacial score (nSPS) is 39.3. The van der Waals surface area contributed by atoms with Crippen molar-refractivity contribution in [3.05, 3.63) is 48.0 Å². The number of aliphatic hydroxyl groups excluding tert-OH is 2. The molecule has 6 unspecified atom stereocenters. The summed E-state index contributed by atoms with van der Waals surface area (Å²) in [6.45, 7) is 3.85. The molecule has 4 aliphatic heterocycles. The second kappa shape index (κ2) is 16.4. The molecule has 4 N–H and O–H groups in total. The van der Waals surface area contributed by atoms with E-state index in [1.165, 1.54) is 12.1 Å². The van der Waals surface area contributed by atoms with Gasteiger partial charge in [-0.05, 0) is 163 Å². The van der Waals surface area contributed by atoms with E-state index in [2.05, 4.69) is 19.2 Å². The van der Waals surface area contributed by atoms with E-state index in [0.29, 0.717) is 73.1 Å². The molecule has 4 saturated heterocycles. The average molecular weight is 983 g/mol. The third kappa shape index (κ3) is 8.06. The molecule has 18 heteroatoms. The number of anilines is 4. The number of hydrogen-bond acceptors (Lipinski definition) is 10. The highest BCUT2D eigenvalue weighted by Crippen LogP contribution is 2.61. The smallest absolute Gasteiger partial charge is 0.231 e. The van der Waals surface area contributed by atoms with Gasteiger partial charge in [-0.15, -0.1) is 0 Å². The first-order valence-corrected chi connectivity index (χ1v) is 29.0. The van der Waals surface area contributed by atoms with E-state index in [-0.39, 0.29) is 46.5 Å². The summed E-state index contributed by atoms with van der Waals surface area (Å²) < 4.78 is 80.6. The van der Waals surface area contributed by atoms with Crippen molar-refractivity contribution in [3.63, 3.8) is 0 Å². The van der Waals surface area contributed by atoms with Crippen LogP contribution in [0.4, 0.5) is 31.5 Å². The number of nitrogens with one attached hydrogen (secondary N) is 2. The van der Waals surface area contributed by atoms with E-state index in [0.717, 1.165) is 128 Å².